The lowest BCUT2D eigenvalue weighted by Crippen LogP contribution is -2.26. The van der Waals surface area contributed by atoms with Crippen LogP contribution in [-0.4, -0.2) is 46.4 Å². The normalized spacial score (nSPS) is 19.9. The minimum Gasteiger partial charge on any atom is -0.504 e. The summed E-state index contributed by atoms with van der Waals surface area (Å²) in [5.74, 6) is -0.338. The number of phenols is 3. The highest BCUT2D eigenvalue weighted by atomic mass is 16.3. The largest absolute Gasteiger partial charge is 0.504 e. The highest BCUT2D eigenvalue weighted by Gasteiger charge is 2.20. The Hall–Kier alpha value is -1.46. The van der Waals surface area contributed by atoms with E-state index >= 15 is 0 Å². The van der Waals surface area contributed by atoms with Crippen molar-refractivity contribution in [2.75, 3.05) is 26.2 Å². The SMILES string of the molecule is CCN1CCC(CNCc2ccc(O)c(O)c2O)C1. The summed E-state index contributed by atoms with van der Waals surface area (Å²) in [6, 6.07) is 3.00. The van der Waals surface area contributed by atoms with E-state index in [4.69, 9.17) is 0 Å². The number of hydrogen-bond acceptors (Lipinski definition) is 5. The number of benzene rings is 1. The molecule has 1 aliphatic heterocycles. The van der Waals surface area contributed by atoms with Gasteiger partial charge >= 0.3 is 0 Å². The fraction of sp³-hybridized carbons (Fsp3) is 0.571. The van der Waals surface area contributed by atoms with E-state index in [-0.39, 0.29) is 11.5 Å². The van der Waals surface area contributed by atoms with Crippen LogP contribution in [0.1, 0.15) is 18.9 Å². The maximum absolute atomic E-state index is 9.69. The van der Waals surface area contributed by atoms with E-state index < -0.39 is 5.75 Å². The number of rotatable bonds is 5. The number of nitrogens with zero attached hydrogens (tertiary/aromatic N) is 1. The quantitative estimate of drug-likeness (QED) is 0.603. The second-order valence-corrected chi connectivity index (χ2v) is 5.12. The third-order valence-corrected chi connectivity index (χ3v) is 3.78. The van der Waals surface area contributed by atoms with Gasteiger partial charge in [-0.05, 0) is 38.0 Å². The highest BCUT2D eigenvalue weighted by molar-refractivity contribution is 5.52. The van der Waals surface area contributed by atoms with Crippen LogP contribution in [0.3, 0.4) is 0 Å². The van der Waals surface area contributed by atoms with E-state index in [1.54, 1.807) is 6.07 Å². The van der Waals surface area contributed by atoms with Crippen LogP contribution < -0.4 is 5.32 Å². The zero-order valence-corrected chi connectivity index (χ0v) is 11.3. The third kappa shape index (κ3) is 3.30. The zero-order chi connectivity index (χ0) is 13.8. The predicted molar refractivity (Wildman–Crippen MR) is 73.4 cm³/mol. The molecule has 0 spiro atoms. The van der Waals surface area contributed by atoms with Gasteiger partial charge in [-0.2, -0.15) is 0 Å². The molecule has 106 valence electrons. The van der Waals surface area contributed by atoms with Gasteiger partial charge in [0.1, 0.15) is 0 Å². The molecule has 0 radical (unpaired) electrons. The molecule has 0 bridgehead atoms. The summed E-state index contributed by atoms with van der Waals surface area (Å²) in [7, 11) is 0. The molecule has 5 heteroatoms. The minimum absolute atomic E-state index is 0.242. The Kier molecular flexibility index (Phi) is 4.50. The van der Waals surface area contributed by atoms with Gasteiger partial charge in [0.15, 0.2) is 11.5 Å². The molecule has 1 heterocycles. The monoisotopic (exact) mass is 266 g/mol. The summed E-state index contributed by atoms with van der Waals surface area (Å²) in [6.07, 6.45) is 1.20. The van der Waals surface area contributed by atoms with Gasteiger partial charge in [0.25, 0.3) is 0 Å². The first-order chi connectivity index (χ1) is 9.11. The van der Waals surface area contributed by atoms with Crippen molar-refractivity contribution in [3.63, 3.8) is 0 Å². The van der Waals surface area contributed by atoms with Gasteiger partial charge in [-0.25, -0.2) is 0 Å². The van der Waals surface area contributed by atoms with Crippen molar-refractivity contribution in [1.82, 2.24) is 10.2 Å². The number of likely N-dealkylation sites (tertiary alicyclic amines) is 1. The van der Waals surface area contributed by atoms with Crippen LogP contribution in [0.4, 0.5) is 0 Å². The van der Waals surface area contributed by atoms with E-state index in [2.05, 4.69) is 17.1 Å². The van der Waals surface area contributed by atoms with Gasteiger partial charge in [-0.1, -0.05) is 13.0 Å². The van der Waals surface area contributed by atoms with E-state index in [1.165, 1.54) is 12.5 Å². The summed E-state index contributed by atoms with van der Waals surface area (Å²) in [5, 5.41) is 31.7. The molecule has 0 aliphatic carbocycles. The second-order valence-electron chi connectivity index (χ2n) is 5.12. The highest BCUT2D eigenvalue weighted by Crippen LogP contribution is 2.36. The fourth-order valence-corrected chi connectivity index (χ4v) is 2.53. The third-order valence-electron chi connectivity index (χ3n) is 3.78. The smallest absolute Gasteiger partial charge is 0.200 e. The Morgan fingerprint density at radius 1 is 1.26 bits per heavy atom. The average molecular weight is 266 g/mol. The predicted octanol–water partition coefficient (Wildman–Crippen LogP) is 1.23. The van der Waals surface area contributed by atoms with Crippen molar-refractivity contribution >= 4 is 0 Å². The lowest BCUT2D eigenvalue weighted by Gasteiger charge is -2.14. The molecular weight excluding hydrogens is 244 g/mol. The molecule has 1 fully saturated rings. The topological polar surface area (TPSA) is 76.0 Å². The summed E-state index contributed by atoms with van der Waals surface area (Å²) < 4.78 is 0. The first kappa shape index (κ1) is 14.0. The van der Waals surface area contributed by atoms with Crippen LogP contribution in [-0.2, 0) is 6.54 Å². The Labute approximate surface area is 113 Å². The number of phenolic OH excluding ortho intramolecular Hbond substituents is 3. The molecule has 2 rings (SSSR count). The van der Waals surface area contributed by atoms with Crippen LogP contribution >= 0.6 is 0 Å². The van der Waals surface area contributed by atoms with Gasteiger partial charge in [-0.15, -0.1) is 0 Å². The van der Waals surface area contributed by atoms with Crippen LogP contribution in [0, 0.1) is 5.92 Å². The van der Waals surface area contributed by atoms with Crippen LogP contribution in [0.15, 0.2) is 12.1 Å². The average Bonchev–Trinajstić information content (AvgIpc) is 2.87. The first-order valence-electron chi connectivity index (χ1n) is 6.77. The molecule has 1 aromatic rings. The maximum Gasteiger partial charge on any atom is 0.200 e. The molecule has 1 aliphatic rings. The van der Waals surface area contributed by atoms with Gasteiger partial charge in [0.2, 0.25) is 5.75 Å². The molecule has 4 N–H and O–H groups in total. The molecular formula is C14H22N2O3. The van der Waals surface area contributed by atoms with Crippen molar-refractivity contribution in [1.29, 1.82) is 0 Å². The standard InChI is InChI=1S/C14H22N2O3/c1-2-16-6-5-10(9-16)7-15-8-11-3-4-12(17)14(19)13(11)18/h3-4,10,15,17-19H,2,5-9H2,1H3. The molecule has 0 aromatic heterocycles. The minimum atomic E-state index is -0.447. The summed E-state index contributed by atoms with van der Waals surface area (Å²) in [4.78, 5) is 2.43. The van der Waals surface area contributed by atoms with Gasteiger partial charge in [0, 0.05) is 18.7 Å². The fourth-order valence-electron chi connectivity index (χ4n) is 2.53. The molecule has 19 heavy (non-hydrogen) atoms. The van der Waals surface area contributed by atoms with Crippen molar-refractivity contribution in [2.45, 2.75) is 19.9 Å². The van der Waals surface area contributed by atoms with E-state index in [0.29, 0.717) is 18.0 Å². The molecule has 1 saturated heterocycles. The lowest BCUT2D eigenvalue weighted by molar-refractivity contribution is 0.338. The Morgan fingerprint density at radius 2 is 2.05 bits per heavy atom. The molecule has 1 atom stereocenters. The number of nitrogens with one attached hydrogen (secondary N) is 1. The van der Waals surface area contributed by atoms with Crippen molar-refractivity contribution in [3.8, 4) is 17.2 Å². The zero-order valence-electron chi connectivity index (χ0n) is 11.3. The maximum atomic E-state index is 9.69. The van der Waals surface area contributed by atoms with Crippen molar-refractivity contribution < 1.29 is 15.3 Å². The molecule has 0 saturated carbocycles. The molecule has 1 aromatic carbocycles. The van der Waals surface area contributed by atoms with Crippen LogP contribution in [0.25, 0.3) is 0 Å². The Morgan fingerprint density at radius 3 is 2.74 bits per heavy atom. The molecule has 1 unspecified atom stereocenters. The number of aromatic hydroxyl groups is 3. The first-order valence-corrected chi connectivity index (χ1v) is 6.77. The van der Waals surface area contributed by atoms with E-state index in [1.807, 2.05) is 0 Å². The summed E-state index contributed by atoms with van der Waals surface area (Å²) in [6.45, 7) is 6.94. The van der Waals surface area contributed by atoms with E-state index in [0.717, 1.165) is 26.2 Å². The summed E-state index contributed by atoms with van der Waals surface area (Å²) >= 11 is 0. The lowest BCUT2D eigenvalue weighted by atomic mass is 10.1. The van der Waals surface area contributed by atoms with E-state index in [9.17, 15) is 15.3 Å². The molecule has 5 nitrogen and oxygen atoms in total. The second kappa shape index (κ2) is 6.12. The van der Waals surface area contributed by atoms with Crippen molar-refractivity contribution in [3.05, 3.63) is 17.7 Å². The summed E-state index contributed by atoms with van der Waals surface area (Å²) in [5.41, 5.74) is 0.598. The Balaban J connectivity index is 1.82. The number of hydrogen-bond donors (Lipinski definition) is 4. The van der Waals surface area contributed by atoms with Gasteiger partial charge < -0.3 is 25.5 Å². The van der Waals surface area contributed by atoms with Crippen molar-refractivity contribution in [2.24, 2.45) is 5.92 Å². The van der Waals surface area contributed by atoms with Gasteiger partial charge in [0.05, 0.1) is 0 Å². The molecule has 0 amide bonds. The van der Waals surface area contributed by atoms with Crippen LogP contribution in [0.2, 0.25) is 0 Å². The Bertz CT molecular complexity index is 437. The van der Waals surface area contributed by atoms with Gasteiger partial charge in [-0.3, -0.25) is 0 Å². The van der Waals surface area contributed by atoms with Crippen LogP contribution in [0.5, 0.6) is 17.2 Å².